The highest BCUT2D eigenvalue weighted by Crippen LogP contribution is 2.24. The summed E-state index contributed by atoms with van der Waals surface area (Å²) >= 11 is 2.03. The number of tetrazole rings is 1. The SMILES string of the molecule is N#CC(=CNc1cc([N+](=O)[O-])ccc1I)c1nn[nH]n1. The summed E-state index contributed by atoms with van der Waals surface area (Å²) in [6.45, 7) is 0. The maximum atomic E-state index is 10.7. The number of aromatic amines is 1. The molecule has 0 amide bonds. The van der Waals surface area contributed by atoms with Gasteiger partial charge in [0.25, 0.3) is 5.69 Å². The molecule has 9 nitrogen and oxygen atoms in total. The first-order valence-electron chi connectivity index (χ1n) is 5.16. The summed E-state index contributed by atoms with van der Waals surface area (Å²) in [5.41, 5.74) is 0.622. The van der Waals surface area contributed by atoms with Crippen molar-refractivity contribution in [2.75, 3.05) is 5.32 Å². The molecule has 0 aliphatic carbocycles. The Morgan fingerprint density at radius 2 is 2.40 bits per heavy atom. The lowest BCUT2D eigenvalue weighted by atomic mass is 10.2. The fraction of sp³-hybridized carbons (Fsp3) is 0. The van der Waals surface area contributed by atoms with E-state index in [4.69, 9.17) is 5.26 Å². The van der Waals surface area contributed by atoms with Gasteiger partial charge in [-0.3, -0.25) is 10.1 Å². The number of anilines is 1. The maximum absolute atomic E-state index is 10.7. The number of hydrogen-bond acceptors (Lipinski definition) is 7. The first-order valence-corrected chi connectivity index (χ1v) is 6.24. The first-order chi connectivity index (χ1) is 9.61. The molecule has 0 atom stereocenters. The third-order valence-electron chi connectivity index (χ3n) is 2.24. The second-order valence-electron chi connectivity index (χ2n) is 3.47. The van der Waals surface area contributed by atoms with Gasteiger partial charge in [0.2, 0.25) is 5.82 Å². The highest BCUT2D eigenvalue weighted by Gasteiger charge is 2.10. The smallest absolute Gasteiger partial charge is 0.271 e. The van der Waals surface area contributed by atoms with Gasteiger partial charge in [-0.2, -0.15) is 10.5 Å². The quantitative estimate of drug-likeness (QED) is 0.355. The molecular formula is C10H6IN7O2. The van der Waals surface area contributed by atoms with Gasteiger partial charge in [0, 0.05) is 21.9 Å². The van der Waals surface area contributed by atoms with Crippen LogP contribution in [0, 0.1) is 25.0 Å². The Bertz CT molecular complexity index is 705. The number of nitro benzene ring substituents is 1. The van der Waals surface area contributed by atoms with Gasteiger partial charge < -0.3 is 5.32 Å². The Hall–Kier alpha value is -2.55. The molecule has 0 aliphatic heterocycles. The highest BCUT2D eigenvalue weighted by molar-refractivity contribution is 14.1. The summed E-state index contributed by atoms with van der Waals surface area (Å²) in [5.74, 6) is 0.139. The number of nitrogens with one attached hydrogen (secondary N) is 2. The largest absolute Gasteiger partial charge is 0.359 e. The van der Waals surface area contributed by atoms with Gasteiger partial charge in [-0.15, -0.1) is 10.2 Å². The Balaban J connectivity index is 2.28. The monoisotopic (exact) mass is 383 g/mol. The number of nitriles is 1. The standard InChI is InChI=1S/C10H6IN7O2/c11-8-2-1-7(18(19)20)3-9(8)13-5-6(4-12)10-14-16-17-15-10/h1-3,5,13H,(H,14,15,16,17). The van der Waals surface area contributed by atoms with Crippen LogP contribution in [0.15, 0.2) is 24.4 Å². The van der Waals surface area contributed by atoms with Crippen LogP contribution >= 0.6 is 22.6 Å². The number of benzene rings is 1. The summed E-state index contributed by atoms with van der Waals surface area (Å²) < 4.78 is 0.773. The summed E-state index contributed by atoms with van der Waals surface area (Å²) in [5, 5.41) is 35.5. The molecule has 10 heteroatoms. The molecule has 0 saturated carbocycles. The average molecular weight is 383 g/mol. The predicted molar refractivity (Wildman–Crippen MR) is 77.2 cm³/mol. The predicted octanol–water partition coefficient (Wildman–Crippen LogP) is 1.69. The van der Waals surface area contributed by atoms with Crippen LogP contribution in [0.4, 0.5) is 11.4 Å². The van der Waals surface area contributed by atoms with E-state index in [-0.39, 0.29) is 17.1 Å². The number of H-pyrrole nitrogens is 1. The van der Waals surface area contributed by atoms with Gasteiger partial charge in [0.05, 0.1) is 10.6 Å². The lowest BCUT2D eigenvalue weighted by Crippen LogP contribution is -1.96. The van der Waals surface area contributed by atoms with Crippen molar-refractivity contribution in [2.45, 2.75) is 0 Å². The first kappa shape index (κ1) is 13.9. The van der Waals surface area contributed by atoms with Crippen LogP contribution in [0.1, 0.15) is 5.82 Å². The van der Waals surface area contributed by atoms with E-state index in [9.17, 15) is 10.1 Å². The zero-order valence-electron chi connectivity index (χ0n) is 9.74. The minimum Gasteiger partial charge on any atom is -0.359 e. The van der Waals surface area contributed by atoms with E-state index in [1.807, 2.05) is 28.7 Å². The van der Waals surface area contributed by atoms with Crippen LogP contribution in [0.2, 0.25) is 0 Å². The van der Waals surface area contributed by atoms with E-state index in [0.29, 0.717) is 5.69 Å². The molecule has 0 fully saturated rings. The molecule has 0 saturated heterocycles. The molecule has 2 rings (SSSR count). The number of non-ortho nitro benzene ring substituents is 1. The fourth-order valence-corrected chi connectivity index (χ4v) is 1.80. The van der Waals surface area contributed by atoms with Crippen molar-refractivity contribution in [1.29, 1.82) is 5.26 Å². The van der Waals surface area contributed by atoms with Gasteiger partial charge >= 0.3 is 0 Å². The number of nitrogens with zero attached hydrogens (tertiary/aromatic N) is 5. The molecule has 0 radical (unpaired) electrons. The normalized spacial score (nSPS) is 10.9. The molecule has 1 aromatic heterocycles. The van der Waals surface area contributed by atoms with Crippen molar-refractivity contribution in [1.82, 2.24) is 20.6 Å². The lowest BCUT2D eigenvalue weighted by molar-refractivity contribution is -0.384. The Kier molecular flexibility index (Phi) is 4.20. The van der Waals surface area contributed by atoms with E-state index >= 15 is 0 Å². The van der Waals surface area contributed by atoms with Gasteiger partial charge in [-0.05, 0) is 33.9 Å². The van der Waals surface area contributed by atoms with Gasteiger partial charge in [-0.25, -0.2) is 0 Å². The van der Waals surface area contributed by atoms with E-state index in [2.05, 4.69) is 25.9 Å². The number of rotatable bonds is 4. The summed E-state index contributed by atoms with van der Waals surface area (Å²) in [7, 11) is 0. The Labute approximate surface area is 126 Å². The minimum atomic E-state index is -0.491. The molecule has 100 valence electrons. The van der Waals surface area contributed by atoms with Crippen LogP contribution < -0.4 is 5.32 Å². The van der Waals surface area contributed by atoms with E-state index in [0.717, 1.165) is 3.57 Å². The van der Waals surface area contributed by atoms with Crippen molar-refractivity contribution in [3.8, 4) is 6.07 Å². The van der Waals surface area contributed by atoms with Crippen molar-refractivity contribution in [3.63, 3.8) is 0 Å². The number of allylic oxidation sites excluding steroid dienone is 1. The number of hydrogen-bond donors (Lipinski definition) is 2. The maximum Gasteiger partial charge on any atom is 0.271 e. The van der Waals surface area contributed by atoms with Crippen LogP contribution in [0.5, 0.6) is 0 Å². The zero-order valence-corrected chi connectivity index (χ0v) is 11.9. The summed E-state index contributed by atoms with van der Waals surface area (Å²) in [6, 6.07) is 6.30. The molecule has 0 unspecified atom stereocenters. The molecular weight excluding hydrogens is 377 g/mol. The van der Waals surface area contributed by atoms with Crippen LogP contribution in [0.3, 0.4) is 0 Å². The van der Waals surface area contributed by atoms with E-state index < -0.39 is 4.92 Å². The van der Waals surface area contributed by atoms with Crippen LogP contribution in [0.25, 0.3) is 5.57 Å². The van der Waals surface area contributed by atoms with Crippen LogP contribution in [-0.2, 0) is 0 Å². The topological polar surface area (TPSA) is 133 Å². The fourth-order valence-electron chi connectivity index (χ4n) is 1.31. The molecule has 2 N–H and O–H groups in total. The number of aromatic nitrogens is 4. The lowest BCUT2D eigenvalue weighted by Gasteiger charge is -2.04. The van der Waals surface area contributed by atoms with Crippen molar-refractivity contribution in [2.24, 2.45) is 0 Å². The van der Waals surface area contributed by atoms with E-state index in [1.54, 1.807) is 6.07 Å². The molecule has 0 bridgehead atoms. The zero-order chi connectivity index (χ0) is 14.5. The van der Waals surface area contributed by atoms with Gasteiger partial charge in [0.1, 0.15) is 11.6 Å². The minimum absolute atomic E-state index is 0.0422. The third kappa shape index (κ3) is 3.06. The molecule has 1 heterocycles. The third-order valence-corrected chi connectivity index (χ3v) is 3.18. The number of halogens is 1. The molecule has 2 aromatic rings. The average Bonchev–Trinajstić information content (AvgIpc) is 2.95. The second kappa shape index (κ2) is 6.06. The van der Waals surface area contributed by atoms with E-state index in [1.165, 1.54) is 18.3 Å². The molecule has 1 aromatic carbocycles. The molecule has 0 aliphatic rings. The van der Waals surface area contributed by atoms with Crippen LogP contribution in [-0.4, -0.2) is 25.5 Å². The van der Waals surface area contributed by atoms with Gasteiger partial charge in [-0.1, -0.05) is 0 Å². The second-order valence-corrected chi connectivity index (χ2v) is 4.63. The van der Waals surface area contributed by atoms with Crippen molar-refractivity contribution in [3.05, 3.63) is 43.9 Å². The number of nitro groups is 1. The van der Waals surface area contributed by atoms with Gasteiger partial charge in [0.15, 0.2) is 0 Å². The van der Waals surface area contributed by atoms with Crippen molar-refractivity contribution >= 4 is 39.5 Å². The highest BCUT2D eigenvalue weighted by atomic mass is 127. The molecule has 0 spiro atoms. The summed E-state index contributed by atoms with van der Waals surface area (Å²) in [4.78, 5) is 10.2. The molecule has 20 heavy (non-hydrogen) atoms. The Morgan fingerprint density at radius 3 is 3.00 bits per heavy atom. The van der Waals surface area contributed by atoms with Crippen molar-refractivity contribution < 1.29 is 4.92 Å². The Morgan fingerprint density at radius 1 is 1.60 bits per heavy atom. The summed E-state index contributed by atoms with van der Waals surface area (Å²) in [6.07, 6.45) is 1.37.